The van der Waals surface area contributed by atoms with Crippen molar-refractivity contribution in [1.29, 1.82) is 0 Å². The van der Waals surface area contributed by atoms with E-state index < -0.39 is 5.41 Å². The number of aromatic nitrogens is 4. The fourth-order valence-corrected chi connectivity index (χ4v) is 3.52. The lowest BCUT2D eigenvalue weighted by molar-refractivity contribution is 0.0731. The lowest BCUT2D eigenvalue weighted by Crippen LogP contribution is -2.47. The summed E-state index contributed by atoms with van der Waals surface area (Å²) in [5.41, 5.74) is 3.18. The molecule has 1 aliphatic rings. The minimum Gasteiger partial charge on any atom is -0.274 e. The largest absolute Gasteiger partial charge is 0.274 e. The van der Waals surface area contributed by atoms with Gasteiger partial charge in [0.25, 0.3) is 0 Å². The van der Waals surface area contributed by atoms with Crippen LogP contribution in [0.25, 0.3) is 22.1 Å². The molecule has 0 aliphatic carbocycles. The normalized spacial score (nSPS) is 13.6. The quantitative estimate of drug-likeness (QED) is 0.394. The Labute approximate surface area is 176 Å². The van der Waals surface area contributed by atoms with Gasteiger partial charge in [-0.2, -0.15) is 0 Å². The summed E-state index contributed by atoms with van der Waals surface area (Å²) in [4.78, 5) is 31.8. The minimum absolute atomic E-state index is 0.00574. The van der Waals surface area contributed by atoms with Gasteiger partial charge >= 0.3 is 0 Å². The first kappa shape index (κ1) is 21.4. The first-order valence-electron chi connectivity index (χ1n) is 10.2. The molecule has 0 unspecified atom stereocenters. The molecule has 2 aromatic heterocycles. The predicted octanol–water partition coefficient (Wildman–Crippen LogP) is 5.39. The number of hydrogen-bond acceptors (Lipinski definition) is 4. The SMILES string of the molecule is CC(=O)n1c(C)nc2ccccc21.CC1(C)C(=O)n2c1nc1ccccc12.CCC. The number of rotatable bonds is 0. The molecule has 6 heteroatoms. The van der Waals surface area contributed by atoms with Crippen molar-refractivity contribution in [1.82, 2.24) is 19.1 Å². The van der Waals surface area contributed by atoms with Gasteiger partial charge in [-0.1, -0.05) is 44.5 Å². The molecule has 5 rings (SSSR count). The topological polar surface area (TPSA) is 69.8 Å². The predicted molar refractivity (Wildman–Crippen MR) is 120 cm³/mol. The third-order valence-corrected chi connectivity index (χ3v) is 4.90. The van der Waals surface area contributed by atoms with Crippen LogP contribution < -0.4 is 0 Å². The molecule has 0 saturated heterocycles. The number of carbonyl (C=O) groups excluding carboxylic acids is 2. The zero-order valence-corrected chi connectivity index (χ0v) is 18.4. The summed E-state index contributed by atoms with van der Waals surface area (Å²) in [6, 6.07) is 15.4. The van der Waals surface area contributed by atoms with E-state index in [9.17, 15) is 9.59 Å². The van der Waals surface area contributed by atoms with Crippen LogP contribution in [-0.4, -0.2) is 30.9 Å². The van der Waals surface area contributed by atoms with E-state index in [-0.39, 0.29) is 11.8 Å². The van der Waals surface area contributed by atoms with E-state index >= 15 is 0 Å². The standard InChI is InChI=1S/C11H10N2O.C10H10N2O.C3H8/c1-11(2)9-12-7-5-3-4-6-8(7)13(9)10(11)14;1-7-11-9-5-3-4-6-10(9)12(7)8(2)13;1-3-2/h3-6H,1-2H3;3-6H,1-2H3;3H2,1-2H3. The van der Waals surface area contributed by atoms with Crippen molar-refractivity contribution >= 4 is 33.9 Å². The van der Waals surface area contributed by atoms with Gasteiger partial charge in [-0.05, 0) is 45.0 Å². The van der Waals surface area contributed by atoms with Gasteiger partial charge < -0.3 is 0 Å². The van der Waals surface area contributed by atoms with E-state index in [0.717, 1.165) is 33.7 Å². The second kappa shape index (κ2) is 8.22. The summed E-state index contributed by atoms with van der Waals surface area (Å²) in [6.07, 6.45) is 1.25. The molecule has 0 atom stereocenters. The molecular formula is C24H28N4O2. The van der Waals surface area contributed by atoms with Crippen LogP contribution in [0.4, 0.5) is 0 Å². The van der Waals surface area contributed by atoms with Crippen LogP contribution in [0.1, 0.15) is 62.3 Å². The lowest BCUT2D eigenvalue weighted by Gasteiger charge is -2.33. The molecule has 4 aromatic rings. The monoisotopic (exact) mass is 404 g/mol. The number of carbonyl (C=O) groups is 2. The van der Waals surface area contributed by atoms with E-state index in [4.69, 9.17) is 0 Å². The molecule has 6 nitrogen and oxygen atoms in total. The molecule has 3 heterocycles. The van der Waals surface area contributed by atoms with Gasteiger partial charge in [0.2, 0.25) is 11.8 Å². The van der Waals surface area contributed by atoms with Crippen molar-refractivity contribution in [2.24, 2.45) is 0 Å². The number of nitrogens with zero attached hydrogens (tertiary/aromatic N) is 4. The molecule has 1 aliphatic heterocycles. The average molecular weight is 405 g/mol. The van der Waals surface area contributed by atoms with Crippen LogP contribution >= 0.6 is 0 Å². The lowest BCUT2D eigenvalue weighted by atomic mass is 9.85. The third-order valence-electron chi connectivity index (χ3n) is 4.90. The van der Waals surface area contributed by atoms with Gasteiger partial charge in [0.05, 0.1) is 22.1 Å². The second-order valence-electron chi connectivity index (χ2n) is 7.90. The first-order chi connectivity index (χ1) is 14.2. The van der Waals surface area contributed by atoms with E-state index in [1.807, 2.05) is 69.3 Å². The highest BCUT2D eigenvalue weighted by Crippen LogP contribution is 2.37. The number of para-hydroxylation sites is 4. The minimum atomic E-state index is -0.404. The zero-order valence-electron chi connectivity index (χ0n) is 18.4. The number of fused-ring (bicyclic) bond motifs is 4. The van der Waals surface area contributed by atoms with Crippen LogP contribution in [0.5, 0.6) is 0 Å². The van der Waals surface area contributed by atoms with Gasteiger partial charge in [-0.15, -0.1) is 0 Å². The summed E-state index contributed by atoms with van der Waals surface area (Å²) in [5.74, 6) is 1.77. The van der Waals surface area contributed by atoms with Crippen molar-refractivity contribution < 1.29 is 9.59 Å². The summed E-state index contributed by atoms with van der Waals surface area (Å²) in [7, 11) is 0. The average Bonchev–Trinajstić information content (AvgIpc) is 3.25. The van der Waals surface area contributed by atoms with Crippen molar-refractivity contribution in [3.63, 3.8) is 0 Å². The summed E-state index contributed by atoms with van der Waals surface area (Å²) >= 11 is 0. The van der Waals surface area contributed by atoms with Crippen molar-refractivity contribution in [3.8, 4) is 0 Å². The third kappa shape index (κ3) is 3.54. The van der Waals surface area contributed by atoms with Gasteiger partial charge in [-0.3, -0.25) is 18.7 Å². The summed E-state index contributed by atoms with van der Waals surface area (Å²) in [6.45, 7) is 11.5. The molecule has 2 aromatic carbocycles. The van der Waals surface area contributed by atoms with E-state index in [2.05, 4.69) is 23.8 Å². The Morgan fingerprint density at radius 1 is 0.933 bits per heavy atom. The molecule has 0 fully saturated rings. The van der Waals surface area contributed by atoms with Crippen molar-refractivity contribution in [2.75, 3.05) is 0 Å². The first-order valence-corrected chi connectivity index (χ1v) is 10.2. The highest BCUT2D eigenvalue weighted by atomic mass is 16.2. The van der Waals surface area contributed by atoms with Crippen molar-refractivity contribution in [2.45, 2.75) is 53.4 Å². The molecule has 156 valence electrons. The smallest absolute Gasteiger partial charge is 0.245 e. The number of hydrogen-bond donors (Lipinski definition) is 0. The molecular weight excluding hydrogens is 376 g/mol. The van der Waals surface area contributed by atoms with E-state index in [1.165, 1.54) is 6.42 Å². The van der Waals surface area contributed by atoms with Crippen LogP contribution in [0.2, 0.25) is 0 Å². The Morgan fingerprint density at radius 2 is 1.43 bits per heavy atom. The maximum absolute atomic E-state index is 11.8. The summed E-state index contributed by atoms with van der Waals surface area (Å²) < 4.78 is 3.32. The maximum Gasteiger partial charge on any atom is 0.245 e. The van der Waals surface area contributed by atoms with Gasteiger partial charge in [0.15, 0.2) is 0 Å². The Morgan fingerprint density at radius 3 is 2.00 bits per heavy atom. The second-order valence-corrected chi connectivity index (χ2v) is 7.90. The maximum atomic E-state index is 11.8. The van der Waals surface area contributed by atoms with Crippen LogP contribution in [0, 0.1) is 6.92 Å². The Kier molecular flexibility index (Phi) is 5.87. The zero-order chi connectivity index (χ0) is 22.1. The van der Waals surface area contributed by atoms with Gasteiger partial charge in [-0.25, -0.2) is 9.97 Å². The molecule has 0 bridgehead atoms. The summed E-state index contributed by atoms with van der Waals surface area (Å²) in [5, 5.41) is 0. The highest BCUT2D eigenvalue weighted by molar-refractivity contribution is 6.03. The molecule has 0 N–H and O–H groups in total. The van der Waals surface area contributed by atoms with Gasteiger partial charge in [0, 0.05) is 6.92 Å². The fraction of sp³-hybridized carbons (Fsp3) is 0.333. The van der Waals surface area contributed by atoms with Crippen LogP contribution in [-0.2, 0) is 5.41 Å². The Bertz CT molecular complexity index is 1230. The molecule has 0 spiro atoms. The number of imidazole rings is 2. The molecule has 0 amide bonds. The molecule has 0 radical (unpaired) electrons. The Hall–Kier alpha value is -3.28. The van der Waals surface area contributed by atoms with Crippen LogP contribution in [0.15, 0.2) is 48.5 Å². The molecule has 0 saturated carbocycles. The number of aryl methyl sites for hydroxylation is 1. The number of benzene rings is 2. The highest BCUT2D eigenvalue weighted by Gasteiger charge is 2.47. The van der Waals surface area contributed by atoms with E-state index in [0.29, 0.717) is 0 Å². The Balaban J connectivity index is 0.000000152. The fourth-order valence-electron chi connectivity index (χ4n) is 3.52. The van der Waals surface area contributed by atoms with Gasteiger partial charge in [0.1, 0.15) is 17.1 Å². The van der Waals surface area contributed by atoms with E-state index in [1.54, 1.807) is 16.1 Å². The van der Waals surface area contributed by atoms with Crippen LogP contribution in [0.3, 0.4) is 0 Å². The van der Waals surface area contributed by atoms with Crippen molar-refractivity contribution in [3.05, 3.63) is 60.2 Å². The molecule has 30 heavy (non-hydrogen) atoms.